The fourth-order valence-corrected chi connectivity index (χ4v) is 5.19. The number of rotatable bonds is 8. The molecule has 2 heterocycles. The molecule has 0 radical (unpaired) electrons. The molecule has 19 heteroatoms. The van der Waals surface area contributed by atoms with E-state index in [1.165, 1.54) is 0 Å². The van der Waals surface area contributed by atoms with Crippen LogP contribution >= 0.6 is 23.5 Å². The van der Waals surface area contributed by atoms with E-state index in [0.29, 0.717) is 0 Å². The molecule has 1 fully saturated rings. The first-order valence-electron chi connectivity index (χ1n) is 7.11. The van der Waals surface area contributed by atoms with Gasteiger partial charge in [0.2, 0.25) is 0 Å². The summed E-state index contributed by atoms with van der Waals surface area (Å²) in [4.78, 5) is 60.0. The average Bonchev–Trinajstić information content (AvgIpc) is 2.82. The number of aromatic amines is 1. The van der Waals surface area contributed by atoms with Crippen LogP contribution in [0.3, 0.4) is 0 Å². The smallest absolute Gasteiger partial charge is 0.390 e. The third-order valence-electron chi connectivity index (χ3n) is 3.18. The van der Waals surface area contributed by atoms with Crippen molar-refractivity contribution in [2.45, 2.75) is 24.9 Å². The molecule has 0 saturated carbocycles. The molecule has 0 aromatic carbocycles. The molecule has 16 nitrogen and oxygen atoms in total. The Kier molecular flexibility index (Phi) is 6.99. The lowest BCUT2D eigenvalue weighted by Gasteiger charge is -2.19. The predicted molar refractivity (Wildman–Crippen MR) is 85.7 cm³/mol. The largest absolute Gasteiger partial charge is 0.490 e. The number of aliphatic hydroxyl groups is 1. The molecule has 2 rings (SSSR count). The van der Waals surface area contributed by atoms with E-state index in [-0.39, 0.29) is 6.42 Å². The van der Waals surface area contributed by atoms with E-state index in [9.17, 15) is 33.3 Å². The number of aromatic nitrogens is 2. The summed E-state index contributed by atoms with van der Waals surface area (Å²) in [5, 5.41) is 9.91. The van der Waals surface area contributed by atoms with Crippen LogP contribution in [0.5, 0.6) is 0 Å². The minimum Gasteiger partial charge on any atom is -0.390 e. The lowest BCUT2D eigenvalue weighted by atomic mass is 10.2. The molecule has 0 aliphatic carbocycles. The average molecular weight is 468 g/mol. The SMILES string of the molecule is O=c1ccn([C@@H]2CC(O)[C@H](COP(=O)(O)OP(=O)(O)OP(=O)(O)O)O2)c(=O)[nH]1. The zero-order valence-corrected chi connectivity index (χ0v) is 16.2. The molecular formula is C9H15N2O14P3. The molecule has 1 aliphatic heterocycles. The van der Waals surface area contributed by atoms with Crippen molar-refractivity contribution in [3.05, 3.63) is 33.1 Å². The maximum Gasteiger partial charge on any atom is 0.490 e. The van der Waals surface area contributed by atoms with Crippen LogP contribution in [0.25, 0.3) is 0 Å². The van der Waals surface area contributed by atoms with E-state index in [1.807, 2.05) is 4.98 Å². The van der Waals surface area contributed by atoms with Gasteiger partial charge in [0.25, 0.3) is 5.56 Å². The first kappa shape index (κ1) is 23.3. The standard InChI is InChI=1S/C9H15N2O14P3/c12-5-3-8(11-2-1-7(13)10-9(11)14)23-6(5)4-22-27(18,19)25-28(20,21)24-26(15,16)17/h1-2,5-6,8,12H,3-4H2,(H,18,19)(H,20,21)(H,10,13,14)(H2,15,16,17)/t5?,6-,8-/m0/s1. The highest BCUT2D eigenvalue weighted by atomic mass is 31.3. The highest BCUT2D eigenvalue weighted by Crippen LogP contribution is 2.66. The summed E-state index contributed by atoms with van der Waals surface area (Å²) in [6.07, 6.45) is -2.74. The monoisotopic (exact) mass is 468 g/mol. The number of hydrogen-bond donors (Lipinski definition) is 6. The van der Waals surface area contributed by atoms with Crippen LogP contribution in [-0.2, 0) is 31.6 Å². The second-order valence-electron chi connectivity index (χ2n) is 5.34. The fraction of sp³-hybridized carbons (Fsp3) is 0.556. The molecule has 1 aliphatic rings. The van der Waals surface area contributed by atoms with Gasteiger partial charge in [-0.3, -0.25) is 18.9 Å². The topological polar surface area (TPSA) is 244 Å². The van der Waals surface area contributed by atoms with Gasteiger partial charge < -0.3 is 29.4 Å². The molecule has 1 aromatic heterocycles. The van der Waals surface area contributed by atoms with Gasteiger partial charge in [0.15, 0.2) is 0 Å². The summed E-state index contributed by atoms with van der Waals surface area (Å²) >= 11 is 0. The molecule has 1 saturated heterocycles. The van der Waals surface area contributed by atoms with Crippen molar-refractivity contribution in [1.82, 2.24) is 9.55 Å². The lowest BCUT2D eigenvalue weighted by Crippen LogP contribution is -2.31. The van der Waals surface area contributed by atoms with Crippen LogP contribution in [0, 0.1) is 0 Å². The van der Waals surface area contributed by atoms with Crippen molar-refractivity contribution in [2.24, 2.45) is 0 Å². The van der Waals surface area contributed by atoms with E-state index in [2.05, 4.69) is 13.1 Å². The van der Waals surface area contributed by atoms with Gasteiger partial charge in [-0.25, -0.2) is 18.5 Å². The highest BCUT2D eigenvalue weighted by molar-refractivity contribution is 7.66. The molecular weight excluding hydrogens is 453 g/mol. The zero-order chi connectivity index (χ0) is 21.3. The van der Waals surface area contributed by atoms with Crippen LogP contribution in [-0.4, -0.2) is 53.0 Å². The Balaban J connectivity index is 1.99. The number of ether oxygens (including phenoxy) is 1. The highest BCUT2D eigenvalue weighted by Gasteiger charge is 2.42. The van der Waals surface area contributed by atoms with Crippen molar-refractivity contribution in [3.8, 4) is 0 Å². The number of phosphoric ester groups is 1. The number of aliphatic hydroxyl groups excluding tert-OH is 1. The Labute approximate surface area is 154 Å². The number of nitrogens with zero attached hydrogens (tertiary/aromatic N) is 1. The van der Waals surface area contributed by atoms with E-state index in [1.54, 1.807) is 0 Å². The molecule has 0 bridgehead atoms. The molecule has 5 atom stereocenters. The van der Waals surface area contributed by atoms with Crippen molar-refractivity contribution in [2.75, 3.05) is 6.61 Å². The van der Waals surface area contributed by atoms with E-state index >= 15 is 0 Å². The summed E-state index contributed by atoms with van der Waals surface area (Å²) in [5.41, 5.74) is -1.50. The first-order chi connectivity index (χ1) is 12.7. The Hall–Kier alpha value is -0.990. The van der Waals surface area contributed by atoms with E-state index < -0.39 is 59.8 Å². The summed E-state index contributed by atoms with van der Waals surface area (Å²) in [6.45, 7) is -0.876. The van der Waals surface area contributed by atoms with E-state index in [0.717, 1.165) is 16.8 Å². The zero-order valence-electron chi connectivity index (χ0n) is 13.5. The van der Waals surface area contributed by atoms with Gasteiger partial charge in [0.1, 0.15) is 12.3 Å². The Morgan fingerprint density at radius 3 is 2.36 bits per heavy atom. The Morgan fingerprint density at radius 2 is 1.79 bits per heavy atom. The number of hydrogen-bond acceptors (Lipinski definition) is 10. The van der Waals surface area contributed by atoms with Gasteiger partial charge in [0, 0.05) is 18.7 Å². The van der Waals surface area contributed by atoms with Crippen LogP contribution < -0.4 is 11.2 Å². The maximum atomic E-state index is 11.7. The van der Waals surface area contributed by atoms with Crippen molar-refractivity contribution in [3.63, 3.8) is 0 Å². The summed E-state index contributed by atoms with van der Waals surface area (Å²) < 4.78 is 51.0. The van der Waals surface area contributed by atoms with E-state index in [4.69, 9.17) is 19.4 Å². The Bertz CT molecular complexity index is 965. The van der Waals surface area contributed by atoms with Gasteiger partial charge in [-0.1, -0.05) is 0 Å². The second-order valence-corrected chi connectivity index (χ2v) is 9.76. The summed E-state index contributed by atoms with van der Waals surface area (Å²) in [7, 11) is -16.6. The lowest BCUT2D eigenvalue weighted by molar-refractivity contribution is -0.0450. The van der Waals surface area contributed by atoms with Gasteiger partial charge in [-0.15, -0.1) is 0 Å². The van der Waals surface area contributed by atoms with Crippen LogP contribution in [0.2, 0.25) is 0 Å². The minimum absolute atomic E-state index is 0.170. The van der Waals surface area contributed by atoms with Crippen LogP contribution in [0.15, 0.2) is 21.9 Å². The van der Waals surface area contributed by atoms with Gasteiger partial charge in [0.05, 0.1) is 12.7 Å². The van der Waals surface area contributed by atoms with Crippen LogP contribution in [0.1, 0.15) is 12.6 Å². The summed E-state index contributed by atoms with van der Waals surface area (Å²) in [5.74, 6) is 0. The number of phosphoric acid groups is 3. The minimum atomic E-state index is -5.67. The summed E-state index contributed by atoms with van der Waals surface area (Å²) in [6, 6.07) is 1.02. The molecule has 0 amide bonds. The maximum absolute atomic E-state index is 11.7. The molecule has 0 spiro atoms. The normalized spacial score (nSPS) is 27.2. The molecule has 3 unspecified atom stereocenters. The third-order valence-corrected chi connectivity index (χ3v) is 6.99. The number of H-pyrrole nitrogens is 1. The molecule has 28 heavy (non-hydrogen) atoms. The van der Waals surface area contributed by atoms with Gasteiger partial charge in [-0.05, 0) is 0 Å². The Morgan fingerprint density at radius 1 is 1.14 bits per heavy atom. The first-order valence-corrected chi connectivity index (χ1v) is 11.6. The van der Waals surface area contributed by atoms with Crippen LogP contribution in [0.4, 0.5) is 0 Å². The second kappa shape index (κ2) is 8.40. The fourth-order valence-electron chi connectivity index (χ4n) is 2.16. The van der Waals surface area contributed by atoms with Crippen molar-refractivity contribution in [1.29, 1.82) is 0 Å². The molecule has 6 N–H and O–H groups in total. The van der Waals surface area contributed by atoms with Crippen molar-refractivity contribution >= 4 is 23.5 Å². The predicted octanol–water partition coefficient (Wildman–Crippen LogP) is -1.47. The van der Waals surface area contributed by atoms with Crippen molar-refractivity contribution < 1.29 is 56.3 Å². The number of nitrogens with one attached hydrogen (secondary N) is 1. The molecule has 1 aromatic rings. The molecule has 160 valence electrons. The quantitative estimate of drug-likeness (QED) is 0.239. The van der Waals surface area contributed by atoms with Gasteiger partial charge >= 0.3 is 29.2 Å². The third kappa shape index (κ3) is 6.81. The van der Waals surface area contributed by atoms with Gasteiger partial charge in [-0.2, -0.15) is 8.62 Å².